The molecule has 7 heteroatoms. The smallest absolute Gasteiger partial charge is 0.365 e. The molecular formula is C6H5I2O4P. The fourth-order valence-corrected chi connectivity index (χ4v) is 2.55. The van der Waals surface area contributed by atoms with E-state index in [1.165, 1.54) is 0 Å². The Morgan fingerprint density at radius 1 is 1.46 bits per heavy atom. The van der Waals surface area contributed by atoms with Gasteiger partial charge in [-0.1, -0.05) is 6.07 Å². The Bertz CT molecular complexity index is 330. The first-order valence-corrected chi connectivity index (χ1v) is 6.35. The summed E-state index contributed by atoms with van der Waals surface area (Å²) in [6.07, 6.45) is 0. The number of benzene rings is 1. The van der Waals surface area contributed by atoms with Gasteiger partial charge in [0.1, 0.15) is 0 Å². The Morgan fingerprint density at radius 2 is 2.15 bits per heavy atom. The molecule has 1 aromatic rings. The van der Waals surface area contributed by atoms with Crippen LogP contribution in [0.3, 0.4) is 0 Å². The first kappa shape index (κ1) is 11.5. The van der Waals surface area contributed by atoms with Crippen LogP contribution in [-0.4, -0.2) is 4.89 Å². The van der Waals surface area contributed by atoms with Crippen LogP contribution in [0.2, 0.25) is 0 Å². The predicted octanol–water partition coefficient (Wildman–Crippen LogP) is 2.78. The SMILES string of the molecule is O=[PH](O)Oc1cccc(I)c1OI. The van der Waals surface area contributed by atoms with Crippen LogP contribution < -0.4 is 7.59 Å². The molecule has 72 valence electrons. The molecule has 0 saturated heterocycles. The summed E-state index contributed by atoms with van der Waals surface area (Å²) in [5.41, 5.74) is 0. The fourth-order valence-electron chi connectivity index (χ4n) is 0.738. The van der Waals surface area contributed by atoms with Gasteiger partial charge in [-0.25, -0.2) is 4.57 Å². The third kappa shape index (κ3) is 3.26. The predicted molar refractivity (Wildman–Crippen MR) is 65.7 cm³/mol. The molecule has 1 aromatic carbocycles. The van der Waals surface area contributed by atoms with Crippen LogP contribution in [-0.2, 0) is 4.57 Å². The Kier molecular flexibility index (Phi) is 4.77. The van der Waals surface area contributed by atoms with Crippen LogP contribution in [0.15, 0.2) is 18.2 Å². The quantitative estimate of drug-likeness (QED) is 0.597. The molecule has 1 atom stereocenters. The second-order valence-electron chi connectivity index (χ2n) is 2.01. The van der Waals surface area contributed by atoms with Gasteiger partial charge < -0.3 is 12.5 Å². The second-order valence-corrected chi connectivity index (χ2v) is 4.35. The van der Waals surface area contributed by atoms with Gasteiger partial charge in [-0.05, 0) is 34.7 Å². The highest BCUT2D eigenvalue weighted by molar-refractivity contribution is 14.1. The highest BCUT2D eigenvalue weighted by Gasteiger charge is 2.09. The van der Waals surface area contributed by atoms with Crippen LogP contribution in [0.25, 0.3) is 0 Å². The first-order chi connectivity index (χ1) is 6.15. The molecule has 0 aliphatic rings. The summed E-state index contributed by atoms with van der Waals surface area (Å²) in [6.45, 7) is 0. The summed E-state index contributed by atoms with van der Waals surface area (Å²) in [5.74, 6) is 0.754. The van der Waals surface area contributed by atoms with E-state index in [2.05, 4.69) is 27.1 Å². The number of rotatable bonds is 3. The maximum Gasteiger partial charge on any atom is 0.365 e. The van der Waals surface area contributed by atoms with E-state index in [0.29, 0.717) is 5.75 Å². The van der Waals surface area contributed by atoms with E-state index in [1.807, 2.05) is 6.07 Å². The highest BCUT2D eigenvalue weighted by atomic mass is 127. The molecule has 1 unspecified atom stereocenters. The minimum Gasteiger partial charge on any atom is -0.423 e. The van der Waals surface area contributed by atoms with E-state index >= 15 is 0 Å². The van der Waals surface area contributed by atoms with Gasteiger partial charge in [0.2, 0.25) is 0 Å². The molecule has 1 rings (SSSR count). The van der Waals surface area contributed by atoms with Gasteiger partial charge in [0, 0.05) is 0 Å². The summed E-state index contributed by atoms with van der Waals surface area (Å²) >= 11 is 3.74. The Morgan fingerprint density at radius 3 is 2.69 bits per heavy atom. The molecule has 0 radical (unpaired) electrons. The molecule has 13 heavy (non-hydrogen) atoms. The zero-order valence-electron chi connectivity index (χ0n) is 6.16. The zero-order chi connectivity index (χ0) is 9.84. The van der Waals surface area contributed by atoms with E-state index in [9.17, 15) is 4.57 Å². The molecule has 0 aliphatic heterocycles. The highest BCUT2D eigenvalue weighted by Crippen LogP contribution is 2.37. The molecule has 0 heterocycles. The summed E-state index contributed by atoms with van der Waals surface area (Å²) in [6, 6.07) is 5.12. The third-order valence-corrected chi connectivity index (χ3v) is 2.89. The molecule has 0 fully saturated rings. The van der Waals surface area contributed by atoms with Gasteiger partial charge >= 0.3 is 8.25 Å². The molecule has 0 amide bonds. The second kappa shape index (κ2) is 5.38. The van der Waals surface area contributed by atoms with E-state index < -0.39 is 8.25 Å². The lowest BCUT2D eigenvalue weighted by Gasteiger charge is -2.07. The van der Waals surface area contributed by atoms with Crippen molar-refractivity contribution >= 4 is 53.9 Å². The van der Waals surface area contributed by atoms with Crippen LogP contribution in [0.5, 0.6) is 11.5 Å². The molecule has 0 saturated carbocycles. The minimum absolute atomic E-state index is 0.285. The van der Waals surface area contributed by atoms with E-state index in [4.69, 9.17) is 7.96 Å². The molecule has 0 spiro atoms. The summed E-state index contributed by atoms with van der Waals surface area (Å²) in [7, 11) is -2.97. The largest absolute Gasteiger partial charge is 0.423 e. The van der Waals surface area contributed by atoms with Crippen LogP contribution in [0.4, 0.5) is 0 Å². The van der Waals surface area contributed by atoms with Crippen LogP contribution >= 0.6 is 53.9 Å². The van der Waals surface area contributed by atoms with Crippen molar-refractivity contribution in [3.63, 3.8) is 0 Å². The normalized spacial score (nSPS) is 12.2. The summed E-state index contributed by atoms with van der Waals surface area (Å²) in [5, 5.41) is 0. The Hall–Kier alpha value is 0.470. The number of hydrogen-bond acceptors (Lipinski definition) is 3. The van der Waals surface area contributed by atoms with Crippen molar-refractivity contribution in [1.82, 2.24) is 0 Å². The van der Waals surface area contributed by atoms with Crippen molar-refractivity contribution in [1.29, 1.82) is 0 Å². The molecule has 0 aromatic heterocycles. The average molecular weight is 426 g/mol. The van der Waals surface area contributed by atoms with Gasteiger partial charge in [-0.3, -0.25) is 0 Å². The van der Waals surface area contributed by atoms with Crippen molar-refractivity contribution < 1.29 is 17.0 Å². The maximum atomic E-state index is 10.5. The lowest BCUT2D eigenvalue weighted by Crippen LogP contribution is -1.86. The molecule has 0 aliphatic carbocycles. The monoisotopic (exact) mass is 426 g/mol. The molecule has 4 nitrogen and oxygen atoms in total. The van der Waals surface area contributed by atoms with Gasteiger partial charge in [-0.15, -0.1) is 0 Å². The first-order valence-electron chi connectivity index (χ1n) is 3.13. The van der Waals surface area contributed by atoms with Crippen LogP contribution in [0.1, 0.15) is 0 Å². The molecular weight excluding hydrogens is 421 g/mol. The van der Waals surface area contributed by atoms with Crippen molar-refractivity contribution in [2.45, 2.75) is 0 Å². The lowest BCUT2D eigenvalue weighted by atomic mass is 10.3. The molecule has 0 bridgehead atoms. The zero-order valence-corrected chi connectivity index (χ0v) is 11.5. The van der Waals surface area contributed by atoms with Crippen molar-refractivity contribution in [2.75, 3.05) is 0 Å². The van der Waals surface area contributed by atoms with E-state index in [1.54, 1.807) is 35.1 Å². The van der Waals surface area contributed by atoms with Gasteiger partial charge in [0.05, 0.1) is 3.57 Å². The van der Waals surface area contributed by atoms with Crippen LogP contribution in [0, 0.1) is 3.57 Å². The van der Waals surface area contributed by atoms with Crippen molar-refractivity contribution in [3.8, 4) is 11.5 Å². The standard InChI is InChI=1S/C6H5I2O4P/c7-4-2-1-3-5(6(4)11-8)12-13(9)10/h1-3,13H,(H,9,10). The number of para-hydroxylation sites is 1. The number of halogens is 2. The number of hydrogen-bond donors (Lipinski definition) is 1. The lowest BCUT2D eigenvalue weighted by molar-refractivity contribution is 0.405. The van der Waals surface area contributed by atoms with Gasteiger partial charge in [0.25, 0.3) is 0 Å². The van der Waals surface area contributed by atoms with Gasteiger partial charge in [0.15, 0.2) is 34.5 Å². The third-order valence-electron chi connectivity index (χ3n) is 1.21. The molecule has 1 N–H and O–H groups in total. The summed E-state index contributed by atoms with van der Waals surface area (Å²) < 4.78 is 20.9. The maximum absolute atomic E-state index is 10.5. The Balaban J connectivity index is 3.05. The Labute approximate surface area is 103 Å². The average Bonchev–Trinajstić information content (AvgIpc) is 2.03. The van der Waals surface area contributed by atoms with E-state index in [0.717, 1.165) is 3.57 Å². The topological polar surface area (TPSA) is 55.8 Å². The minimum atomic E-state index is -2.97. The summed E-state index contributed by atoms with van der Waals surface area (Å²) in [4.78, 5) is 8.58. The van der Waals surface area contributed by atoms with Crippen molar-refractivity contribution in [2.24, 2.45) is 0 Å². The van der Waals surface area contributed by atoms with Gasteiger partial charge in [-0.2, -0.15) is 0 Å². The van der Waals surface area contributed by atoms with E-state index in [-0.39, 0.29) is 5.75 Å². The van der Waals surface area contributed by atoms with Crippen molar-refractivity contribution in [3.05, 3.63) is 21.8 Å². The fraction of sp³-hybridized carbons (Fsp3) is 0.